The molecule has 0 spiro atoms. The molecule has 0 aliphatic carbocycles. The number of nitro benzene ring substituents is 1. The van der Waals surface area contributed by atoms with Gasteiger partial charge in [0.1, 0.15) is 18.5 Å². The average molecular weight is 399 g/mol. The molecule has 1 fully saturated rings. The molecule has 2 atom stereocenters. The van der Waals surface area contributed by atoms with E-state index in [-0.39, 0.29) is 24.1 Å². The van der Waals surface area contributed by atoms with Gasteiger partial charge in [0, 0.05) is 24.8 Å². The average Bonchev–Trinajstić information content (AvgIpc) is 2.73. The van der Waals surface area contributed by atoms with Crippen molar-refractivity contribution in [3.63, 3.8) is 0 Å². The first-order chi connectivity index (χ1) is 14.0. The van der Waals surface area contributed by atoms with Crippen LogP contribution in [0.5, 0.6) is 5.75 Å². The van der Waals surface area contributed by atoms with E-state index in [0.717, 1.165) is 25.1 Å². The van der Waals surface area contributed by atoms with E-state index in [4.69, 9.17) is 4.74 Å². The van der Waals surface area contributed by atoms with Crippen LogP contribution in [0.1, 0.15) is 12.8 Å². The van der Waals surface area contributed by atoms with Gasteiger partial charge in [0.2, 0.25) is 5.91 Å². The number of carbonyl (C=O) groups is 1. The minimum atomic E-state index is -0.759. The highest BCUT2D eigenvalue weighted by Gasteiger charge is 2.27. The summed E-state index contributed by atoms with van der Waals surface area (Å²) in [5.41, 5.74) is 0.723. The Labute approximate surface area is 169 Å². The van der Waals surface area contributed by atoms with E-state index in [2.05, 4.69) is 10.2 Å². The number of amides is 1. The number of non-ortho nitro benzene ring substituents is 1. The summed E-state index contributed by atoms with van der Waals surface area (Å²) in [6.07, 6.45) is 0.936. The van der Waals surface area contributed by atoms with E-state index in [9.17, 15) is 20.0 Å². The molecule has 0 bridgehead atoms. The lowest BCUT2D eigenvalue weighted by Gasteiger charge is -2.33. The Morgan fingerprint density at radius 2 is 2.07 bits per heavy atom. The monoisotopic (exact) mass is 399 g/mol. The van der Waals surface area contributed by atoms with Gasteiger partial charge in [0.05, 0.1) is 16.9 Å². The molecule has 0 saturated carbocycles. The largest absolute Gasteiger partial charge is 0.491 e. The molecular weight excluding hydrogens is 374 g/mol. The van der Waals surface area contributed by atoms with Crippen molar-refractivity contribution in [1.82, 2.24) is 4.90 Å². The second kappa shape index (κ2) is 9.99. The number of aliphatic hydroxyl groups excluding tert-OH is 1. The summed E-state index contributed by atoms with van der Waals surface area (Å²) in [6, 6.07) is 15.2. The third-order valence-corrected chi connectivity index (χ3v) is 4.86. The summed E-state index contributed by atoms with van der Waals surface area (Å²) in [4.78, 5) is 24.9. The van der Waals surface area contributed by atoms with Crippen LogP contribution in [0.15, 0.2) is 54.6 Å². The number of likely N-dealkylation sites (tertiary alicyclic amines) is 1. The van der Waals surface area contributed by atoms with Crippen molar-refractivity contribution in [2.24, 2.45) is 5.92 Å². The second-order valence-corrected chi connectivity index (χ2v) is 7.17. The summed E-state index contributed by atoms with van der Waals surface area (Å²) in [5, 5.41) is 24.1. The summed E-state index contributed by atoms with van der Waals surface area (Å²) in [5.74, 6) is 0.203. The number of carbonyl (C=O) groups excluding carboxylic acids is 1. The Bertz CT molecular complexity index is 830. The number of nitrogens with one attached hydrogen (secondary N) is 1. The summed E-state index contributed by atoms with van der Waals surface area (Å²) >= 11 is 0. The van der Waals surface area contributed by atoms with Gasteiger partial charge in [-0.3, -0.25) is 19.8 Å². The quantitative estimate of drug-likeness (QED) is 0.522. The smallest absolute Gasteiger partial charge is 0.273 e. The van der Waals surface area contributed by atoms with E-state index in [0.29, 0.717) is 18.8 Å². The van der Waals surface area contributed by atoms with Crippen LogP contribution in [0.4, 0.5) is 11.4 Å². The maximum absolute atomic E-state index is 12.5. The molecule has 1 aliphatic heterocycles. The molecule has 0 aromatic heterocycles. The molecule has 2 N–H and O–H groups in total. The summed E-state index contributed by atoms with van der Waals surface area (Å²) in [7, 11) is 0. The van der Waals surface area contributed by atoms with Crippen molar-refractivity contribution in [3.8, 4) is 5.75 Å². The number of para-hydroxylation sites is 1. The maximum Gasteiger partial charge on any atom is 0.273 e. The molecule has 2 aromatic rings. The number of β-amino-alcohol motifs (C(OH)–C–C–N with tert-alkyl or cyclic N) is 1. The zero-order valence-corrected chi connectivity index (χ0v) is 16.1. The molecule has 3 rings (SSSR count). The Balaban J connectivity index is 1.46. The first kappa shape index (κ1) is 20.8. The number of nitro groups is 1. The van der Waals surface area contributed by atoms with Gasteiger partial charge < -0.3 is 15.2 Å². The SMILES string of the molecule is O=C(Nc1ccccc1)[C@@H]1CCCN(C[C@@H](O)COc2cccc([N+](=O)[O-])c2)C1. The van der Waals surface area contributed by atoms with Gasteiger partial charge in [-0.1, -0.05) is 24.3 Å². The van der Waals surface area contributed by atoms with Crippen molar-refractivity contribution in [2.75, 3.05) is 31.6 Å². The van der Waals surface area contributed by atoms with Crippen molar-refractivity contribution in [1.29, 1.82) is 0 Å². The molecule has 0 radical (unpaired) electrons. The van der Waals surface area contributed by atoms with E-state index in [1.54, 1.807) is 12.1 Å². The van der Waals surface area contributed by atoms with Crippen molar-refractivity contribution < 1.29 is 19.6 Å². The summed E-state index contributed by atoms with van der Waals surface area (Å²) in [6.45, 7) is 1.79. The Kier molecular flexibility index (Phi) is 7.15. The zero-order chi connectivity index (χ0) is 20.6. The fourth-order valence-corrected chi connectivity index (χ4v) is 3.43. The molecule has 154 valence electrons. The number of ether oxygens (including phenoxy) is 1. The maximum atomic E-state index is 12.5. The highest BCUT2D eigenvalue weighted by molar-refractivity contribution is 5.92. The van der Waals surface area contributed by atoms with Gasteiger partial charge in [-0.05, 0) is 37.6 Å². The number of anilines is 1. The van der Waals surface area contributed by atoms with Crippen LogP contribution in [0.3, 0.4) is 0 Å². The molecule has 29 heavy (non-hydrogen) atoms. The van der Waals surface area contributed by atoms with E-state index < -0.39 is 11.0 Å². The van der Waals surface area contributed by atoms with Gasteiger partial charge in [0.15, 0.2) is 0 Å². The van der Waals surface area contributed by atoms with E-state index >= 15 is 0 Å². The molecule has 8 heteroatoms. The summed E-state index contributed by atoms with van der Waals surface area (Å²) < 4.78 is 5.49. The molecule has 1 amide bonds. The predicted octanol–water partition coefficient (Wildman–Crippen LogP) is 2.69. The molecule has 0 unspecified atom stereocenters. The standard InChI is InChI=1S/C21H25N3O5/c25-19(15-29-20-10-4-9-18(12-20)24(27)28)14-23-11-5-6-16(13-23)21(26)22-17-7-2-1-3-8-17/h1-4,7-10,12,16,19,25H,5-6,11,13-15H2,(H,22,26)/t16-,19-/m1/s1. The third-order valence-electron chi connectivity index (χ3n) is 4.86. The molecular formula is C21H25N3O5. The van der Waals surface area contributed by atoms with Crippen molar-refractivity contribution in [2.45, 2.75) is 18.9 Å². The van der Waals surface area contributed by atoms with Gasteiger partial charge in [0.25, 0.3) is 5.69 Å². The predicted molar refractivity (Wildman–Crippen MR) is 109 cm³/mol. The topological polar surface area (TPSA) is 105 Å². The number of benzene rings is 2. The fraction of sp³-hybridized carbons (Fsp3) is 0.381. The lowest BCUT2D eigenvalue weighted by Crippen LogP contribution is -2.44. The van der Waals surface area contributed by atoms with Crippen LogP contribution >= 0.6 is 0 Å². The molecule has 2 aromatic carbocycles. The van der Waals surface area contributed by atoms with Crippen LogP contribution in [-0.2, 0) is 4.79 Å². The third kappa shape index (κ3) is 6.27. The number of rotatable bonds is 8. The minimum absolute atomic E-state index is 0.0109. The number of nitrogens with zero attached hydrogens (tertiary/aromatic N) is 2. The Morgan fingerprint density at radius 1 is 1.28 bits per heavy atom. The van der Waals surface area contributed by atoms with Crippen molar-refractivity contribution >= 4 is 17.3 Å². The number of hydrogen-bond acceptors (Lipinski definition) is 6. The zero-order valence-electron chi connectivity index (χ0n) is 16.1. The van der Waals surface area contributed by atoms with Crippen molar-refractivity contribution in [3.05, 3.63) is 64.7 Å². The second-order valence-electron chi connectivity index (χ2n) is 7.17. The first-order valence-electron chi connectivity index (χ1n) is 9.65. The molecule has 1 heterocycles. The Morgan fingerprint density at radius 3 is 2.83 bits per heavy atom. The Hall–Kier alpha value is -2.97. The van der Waals surface area contributed by atoms with Crippen LogP contribution in [0, 0.1) is 16.0 Å². The fourth-order valence-electron chi connectivity index (χ4n) is 3.43. The molecule has 8 nitrogen and oxygen atoms in total. The van der Waals surface area contributed by atoms with Crippen LogP contribution in [-0.4, -0.2) is 53.2 Å². The van der Waals surface area contributed by atoms with Gasteiger partial charge >= 0.3 is 0 Å². The van der Waals surface area contributed by atoms with Crippen LogP contribution < -0.4 is 10.1 Å². The number of hydrogen-bond donors (Lipinski definition) is 2. The minimum Gasteiger partial charge on any atom is -0.491 e. The highest BCUT2D eigenvalue weighted by Crippen LogP contribution is 2.21. The van der Waals surface area contributed by atoms with Gasteiger partial charge in [-0.2, -0.15) is 0 Å². The normalized spacial score (nSPS) is 18.0. The van der Waals surface area contributed by atoms with Crippen LogP contribution in [0.2, 0.25) is 0 Å². The van der Waals surface area contributed by atoms with Crippen LogP contribution in [0.25, 0.3) is 0 Å². The molecule has 1 aliphatic rings. The molecule has 1 saturated heterocycles. The highest BCUT2D eigenvalue weighted by atomic mass is 16.6. The van der Waals surface area contributed by atoms with E-state index in [1.807, 2.05) is 30.3 Å². The number of piperidine rings is 1. The lowest BCUT2D eigenvalue weighted by molar-refractivity contribution is -0.384. The first-order valence-corrected chi connectivity index (χ1v) is 9.65. The lowest BCUT2D eigenvalue weighted by atomic mass is 9.96. The van der Waals surface area contributed by atoms with Gasteiger partial charge in [-0.25, -0.2) is 0 Å². The number of aliphatic hydroxyl groups is 1. The van der Waals surface area contributed by atoms with Gasteiger partial charge in [-0.15, -0.1) is 0 Å². The van der Waals surface area contributed by atoms with E-state index in [1.165, 1.54) is 12.1 Å².